The van der Waals surface area contributed by atoms with Crippen LogP contribution in [-0.2, 0) is 19.3 Å². The minimum atomic E-state index is -4.23. The molecule has 0 N–H and O–H groups in total. The van der Waals surface area contributed by atoms with Gasteiger partial charge in [-0.2, -0.15) is 13.2 Å². The zero-order valence-corrected chi connectivity index (χ0v) is 8.43. The molecule has 1 aliphatic heterocycles. The lowest BCUT2D eigenvalue weighted by Crippen LogP contribution is -2.14. The van der Waals surface area contributed by atoms with Gasteiger partial charge in [-0.1, -0.05) is 13.0 Å². The number of benzene rings is 1. The third kappa shape index (κ3) is 2.00. The van der Waals surface area contributed by atoms with E-state index in [1.807, 2.05) is 6.92 Å². The van der Waals surface area contributed by atoms with Crippen LogP contribution < -0.4 is 0 Å². The highest BCUT2D eigenvalue weighted by atomic mass is 19.4. The van der Waals surface area contributed by atoms with E-state index < -0.39 is 11.7 Å². The normalized spacial score (nSPS) is 16.8. The molecule has 0 radical (unpaired) electrons. The number of alkyl halides is 3. The highest BCUT2D eigenvalue weighted by molar-refractivity contribution is 5.35. The maximum atomic E-state index is 12.4. The molecule has 0 saturated carbocycles. The van der Waals surface area contributed by atoms with Crippen molar-refractivity contribution in [3.8, 4) is 0 Å². The average molecular weight is 215 g/mol. The zero-order chi connectivity index (χ0) is 11.1. The number of hydrogen-bond donors (Lipinski definition) is 0. The summed E-state index contributed by atoms with van der Waals surface area (Å²) in [4.78, 5) is 2.12. The molecule has 82 valence electrons. The molecule has 2 rings (SSSR count). The maximum absolute atomic E-state index is 12.4. The molecule has 1 aromatic carbocycles. The van der Waals surface area contributed by atoms with E-state index in [-0.39, 0.29) is 0 Å². The Labute approximate surface area is 86.5 Å². The molecule has 0 saturated heterocycles. The van der Waals surface area contributed by atoms with Gasteiger partial charge in [0.15, 0.2) is 0 Å². The summed E-state index contributed by atoms with van der Waals surface area (Å²) in [6.07, 6.45) is -4.23. The van der Waals surface area contributed by atoms with Gasteiger partial charge in [0.05, 0.1) is 5.56 Å². The average Bonchev–Trinajstić information content (AvgIpc) is 2.57. The Balaban J connectivity index is 2.30. The number of nitrogens with zero attached hydrogens (tertiary/aromatic N) is 1. The molecule has 1 nitrogen and oxygen atoms in total. The Bertz CT molecular complexity index is 371. The third-order valence-electron chi connectivity index (χ3n) is 2.77. The topological polar surface area (TPSA) is 3.24 Å². The smallest absolute Gasteiger partial charge is 0.295 e. The summed E-state index contributed by atoms with van der Waals surface area (Å²) in [5, 5.41) is 0. The van der Waals surface area contributed by atoms with Crippen molar-refractivity contribution in [3.05, 3.63) is 34.9 Å². The van der Waals surface area contributed by atoms with Gasteiger partial charge in [0, 0.05) is 13.1 Å². The van der Waals surface area contributed by atoms with Crippen LogP contribution in [-0.4, -0.2) is 11.4 Å². The minimum absolute atomic E-state index is 0.542. The first-order chi connectivity index (χ1) is 7.00. The summed E-state index contributed by atoms with van der Waals surface area (Å²) in [7, 11) is 0. The van der Waals surface area contributed by atoms with E-state index in [0.717, 1.165) is 30.3 Å². The summed E-state index contributed by atoms with van der Waals surface area (Å²) in [6.45, 7) is 4.28. The van der Waals surface area contributed by atoms with Crippen molar-refractivity contribution in [2.45, 2.75) is 26.2 Å². The van der Waals surface area contributed by atoms with Gasteiger partial charge in [0.1, 0.15) is 0 Å². The monoisotopic (exact) mass is 215 g/mol. The predicted octanol–water partition coefficient (Wildman–Crippen LogP) is 3.04. The molecule has 0 aliphatic carbocycles. The van der Waals surface area contributed by atoms with E-state index in [4.69, 9.17) is 0 Å². The van der Waals surface area contributed by atoms with Gasteiger partial charge in [-0.25, -0.2) is 0 Å². The van der Waals surface area contributed by atoms with Gasteiger partial charge in [0.25, 0.3) is 0 Å². The fourth-order valence-corrected chi connectivity index (χ4v) is 1.87. The molecule has 0 atom stereocenters. The largest absolute Gasteiger partial charge is 0.416 e. The van der Waals surface area contributed by atoms with Crippen LogP contribution in [0.1, 0.15) is 23.6 Å². The van der Waals surface area contributed by atoms with Crippen molar-refractivity contribution in [2.75, 3.05) is 6.54 Å². The van der Waals surface area contributed by atoms with Crippen LogP contribution in [0.4, 0.5) is 13.2 Å². The number of hydrogen-bond acceptors (Lipinski definition) is 1. The lowest BCUT2D eigenvalue weighted by Gasteiger charge is -2.09. The molecule has 0 aromatic heterocycles. The van der Waals surface area contributed by atoms with Gasteiger partial charge in [-0.05, 0) is 29.8 Å². The standard InChI is InChI=1S/C11H12F3N/c1-2-15-6-8-3-4-10(11(12,13)14)5-9(8)7-15/h3-5H,2,6-7H2,1H3. The van der Waals surface area contributed by atoms with Crippen molar-refractivity contribution in [3.63, 3.8) is 0 Å². The van der Waals surface area contributed by atoms with E-state index >= 15 is 0 Å². The molecular formula is C11H12F3N. The van der Waals surface area contributed by atoms with Crippen molar-refractivity contribution < 1.29 is 13.2 Å². The summed E-state index contributed by atoms with van der Waals surface area (Å²) in [5.74, 6) is 0. The van der Waals surface area contributed by atoms with Crippen LogP contribution in [0.5, 0.6) is 0 Å². The molecule has 0 bridgehead atoms. The van der Waals surface area contributed by atoms with Crippen LogP contribution in [0, 0.1) is 0 Å². The van der Waals surface area contributed by atoms with Crippen molar-refractivity contribution in [2.24, 2.45) is 0 Å². The number of fused-ring (bicyclic) bond motifs is 1. The molecule has 0 unspecified atom stereocenters. The first-order valence-corrected chi connectivity index (χ1v) is 4.92. The second-order valence-electron chi connectivity index (χ2n) is 3.78. The second kappa shape index (κ2) is 3.52. The predicted molar refractivity (Wildman–Crippen MR) is 51.2 cm³/mol. The Morgan fingerprint density at radius 3 is 2.47 bits per heavy atom. The highest BCUT2D eigenvalue weighted by Gasteiger charge is 2.31. The van der Waals surface area contributed by atoms with Gasteiger partial charge < -0.3 is 0 Å². The van der Waals surface area contributed by atoms with Crippen LogP contribution in [0.25, 0.3) is 0 Å². The zero-order valence-electron chi connectivity index (χ0n) is 8.43. The molecule has 1 heterocycles. The Hall–Kier alpha value is -1.03. The molecule has 4 heteroatoms. The molecular weight excluding hydrogens is 203 g/mol. The minimum Gasteiger partial charge on any atom is -0.295 e. The van der Waals surface area contributed by atoms with Crippen molar-refractivity contribution in [1.29, 1.82) is 0 Å². The summed E-state index contributed by atoms with van der Waals surface area (Å²) in [5.41, 5.74) is 1.29. The van der Waals surface area contributed by atoms with Gasteiger partial charge in [-0.15, -0.1) is 0 Å². The van der Waals surface area contributed by atoms with Gasteiger partial charge in [-0.3, -0.25) is 4.90 Å². The van der Waals surface area contributed by atoms with Gasteiger partial charge in [0.2, 0.25) is 0 Å². The quantitative estimate of drug-likeness (QED) is 0.696. The first kappa shape index (κ1) is 10.5. The van der Waals surface area contributed by atoms with E-state index in [1.165, 1.54) is 6.07 Å². The van der Waals surface area contributed by atoms with Crippen LogP contribution in [0.2, 0.25) is 0 Å². The molecule has 15 heavy (non-hydrogen) atoms. The van der Waals surface area contributed by atoms with Crippen LogP contribution in [0.3, 0.4) is 0 Å². The summed E-state index contributed by atoms with van der Waals surface area (Å²) in [6, 6.07) is 4.02. The highest BCUT2D eigenvalue weighted by Crippen LogP contribution is 2.32. The number of rotatable bonds is 1. The van der Waals surface area contributed by atoms with E-state index in [0.29, 0.717) is 6.54 Å². The fraction of sp³-hybridized carbons (Fsp3) is 0.455. The first-order valence-electron chi connectivity index (χ1n) is 4.92. The Kier molecular flexibility index (Phi) is 2.46. The number of halogens is 3. The van der Waals surface area contributed by atoms with E-state index in [9.17, 15) is 13.2 Å². The lowest BCUT2D eigenvalue weighted by molar-refractivity contribution is -0.137. The third-order valence-corrected chi connectivity index (χ3v) is 2.77. The van der Waals surface area contributed by atoms with E-state index in [1.54, 1.807) is 6.07 Å². The fourth-order valence-electron chi connectivity index (χ4n) is 1.87. The Morgan fingerprint density at radius 2 is 1.87 bits per heavy atom. The van der Waals surface area contributed by atoms with Crippen molar-refractivity contribution >= 4 is 0 Å². The molecule has 1 aliphatic rings. The Morgan fingerprint density at radius 1 is 1.20 bits per heavy atom. The summed E-state index contributed by atoms with van der Waals surface area (Å²) >= 11 is 0. The molecule has 0 amide bonds. The van der Waals surface area contributed by atoms with Crippen LogP contribution >= 0.6 is 0 Å². The summed E-state index contributed by atoms with van der Waals surface area (Å²) < 4.78 is 37.3. The maximum Gasteiger partial charge on any atom is 0.416 e. The molecule has 1 aromatic rings. The van der Waals surface area contributed by atoms with Crippen molar-refractivity contribution in [1.82, 2.24) is 4.90 Å². The second-order valence-corrected chi connectivity index (χ2v) is 3.78. The van der Waals surface area contributed by atoms with E-state index in [2.05, 4.69) is 4.90 Å². The molecule has 0 fully saturated rings. The molecule has 0 spiro atoms. The lowest BCUT2D eigenvalue weighted by atomic mass is 10.1. The SMILES string of the molecule is CCN1Cc2ccc(C(F)(F)F)cc2C1. The van der Waals surface area contributed by atoms with Crippen LogP contribution in [0.15, 0.2) is 18.2 Å². The van der Waals surface area contributed by atoms with Gasteiger partial charge >= 0.3 is 6.18 Å².